The van der Waals surface area contributed by atoms with Crippen molar-refractivity contribution in [1.82, 2.24) is 0 Å². The van der Waals surface area contributed by atoms with Crippen LogP contribution in [0.3, 0.4) is 0 Å². The summed E-state index contributed by atoms with van der Waals surface area (Å²) in [4.78, 5) is 0. The van der Waals surface area contributed by atoms with Gasteiger partial charge in [0.1, 0.15) is 0 Å². The van der Waals surface area contributed by atoms with E-state index in [0.717, 1.165) is 32.7 Å². The number of benzene rings is 1. The molecule has 0 bridgehead atoms. The molecule has 2 nitrogen and oxygen atoms in total. The molecule has 2 unspecified atom stereocenters. The molecular weight excluding hydrogens is 260 g/mol. The lowest BCUT2D eigenvalue weighted by Crippen LogP contribution is -2.19. The lowest BCUT2D eigenvalue weighted by Gasteiger charge is -2.23. The minimum atomic E-state index is 0.0939. The zero-order valence-electron chi connectivity index (χ0n) is 11.2. The molecule has 1 fully saturated rings. The van der Waals surface area contributed by atoms with Crippen molar-refractivity contribution < 1.29 is 9.47 Å². The number of rotatable bonds is 4. The third kappa shape index (κ3) is 3.31. The fraction of sp³-hybridized carbons (Fsp3) is 0.625. The van der Waals surface area contributed by atoms with Crippen LogP contribution in [0.5, 0.6) is 0 Å². The number of ether oxygens (including phenoxy) is 2. The van der Waals surface area contributed by atoms with Gasteiger partial charge >= 0.3 is 0 Å². The fourth-order valence-corrected chi connectivity index (χ4v) is 3.18. The molecule has 1 aromatic carbocycles. The van der Waals surface area contributed by atoms with Crippen LogP contribution in [-0.4, -0.2) is 12.7 Å². The van der Waals surface area contributed by atoms with Gasteiger partial charge in [-0.15, -0.1) is 11.6 Å². The van der Waals surface area contributed by atoms with Crippen LogP contribution in [0.15, 0.2) is 18.2 Å². The maximum atomic E-state index is 6.53. The van der Waals surface area contributed by atoms with Crippen molar-refractivity contribution in [3.05, 3.63) is 34.9 Å². The highest BCUT2D eigenvalue weighted by Gasteiger charge is 2.18. The van der Waals surface area contributed by atoms with Crippen LogP contribution in [0.25, 0.3) is 0 Å². The van der Waals surface area contributed by atoms with E-state index in [1.54, 1.807) is 0 Å². The van der Waals surface area contributed by atoms with Gasteiger partial charge in [0.2, 0.25) is 0 Å². The Kier molecular flexibility index (Phi) is 4.42. The molecule has 2 aliphatic rings. The van der Waals surface area contributed by atoms with E-state index in [-0.39, 0.29) is 5.38 Å². The smallest absolute Gasteiger partial charge is 0.0725 e. The Balaban J connectivity index is 1.56. The number of alkyl halides is 1. The second-order valence-corrected chi connectivity index (χ2v) is 6.08. The second-order valence-electron chi connectivity index (χ2n) is 5.55. The van der Waals surface area contributed by atoms with Gasteiger partial charge in [-0.1, -0.05) is 18.2 Å². The summed E-state index contributed by atoms with van der Waals surface area (Å²) in [5.41, 5.74) is 3.84. The highest BCUT2D eigenvalue weighted by Crippen LogP contribution is 2.31. The summed E-state index contributed by atoms with van der Waals surface area (Å²) >= 11 is 6.53. The van der Waals surface area contributed by atoms with Gasteiger partial charge in [-0.05, 0) is 48.8 Å². The molecule has 2 heterocycles. The summed E-state index contributed by atoms with van der Waals surface area (Å²) in [5.74, 6) is 0. The Morgan fingerprint density at radius 1 is 1.21 bits per heavy atom. The normalized spacial score (nSPS) is 24.2. The molecule has 0 saturated carbocycles. The lowest BCUT2D eigenvalue weighted by atomic mass is 9.99. The van der Waals surface area contributed by atoms with Crippen LogP contribution in [0, 0.1) is 0 Å². The van der Waals surface area contributed by atoms with Gasteiger partial charge in [0.25, 0.3) is 0 Å². The van der Waals surface area contributed by atoms with Gasteiger partial charge in [0, 0.05) is 6.61 Å². The molecule has 0 spiro atoms. The summed E-state index contributed by atoms with van der Waals surface area (Å²) in [7, 11) is 0. The molecule has 2 aliphatic heterocycles. The molecule has 0 N–H and O–H groups in total. The van der Waals surface area contributed by atoms with Crippen molar-refractivity contribution in [1.29, 1.82) is 0 Å². The summed E-state index contributed by atoms with van der Waals surface area (Å²) < 4.78 is 11.2. The molecule has 3 rings (SSSR count). The van der Waals surface area contributed by atoms with E-state index in [1.807, 2.05) is 0 Å². The number of halogens is 1. The van der Waals surface area contributed by atoms with Crippen LogP contribution < -0.4 is 0 Å². The summed E-state index contributed by atoms with van der Waals surface area (Å²) in [6, 6.07) is 6.51. The van der Waals surface area contributed by atoms with Crippen molar-refractivity contribution in [2.45, 2.75) is 56.8 Å². The first-order chi connectivity index (χ1) is 9.33. The van der Waals surface area contributed by atoms with Crippen LogP contribution in [0.1, 0.15) is 54.2 Å². The number of hydrogen-bond donors (Lipinski definition) is 0. The molecule has 0 aliphatic carbocycles. The molecular formula is C16H21ClO2. The topological polar surface area (TPSA) is 18.5 Å². The van der Waals surface area contributed by atoms with Crippen LogP contribution in [0.2, 0.25) is 0 Å². The van der Waals surface area contributed by atoms with E-state index in [2.05, 4.69) is 18.2 Å². The maximum absolute atomic E-state index is 6.53. The minimum absolute atomic E-state index is 0.0939. The highest BCUT2D eigenvalue weighted by atomic mass is 35.5. The molecule has 0 amide bonds. The van der Waals surface area contributed by atoms with Crippen LogP contribution >= 0.6 is 11.6 Å². The van der Waals surface area contributed by atoms with Crippen molar-refractivity contribution in [2.24, 2.45) is 0 Å². The summed E-state index contributed by atoms with van der Waals surface area (Å²) in [5, 5.41) is 0.0939. The van der Waals surface area contributed by atoms with E-state index in [1.165, 1.54) is 36.0 Å². The maximum Gasteiger partial charge on any atom is 0.0725 e. The Morgan fingerprint density at radius 3 is 2.95 bits per heavy atom. The average molecular weight is 281 g/mol. The van der Waals surface area contributed by atoms with E-state index in [4.69, 9.17) is 21.1 Å². The zero-order valence-corrected chi connectivity index (χ0v) is 12.0. The van der Waals surface area contributed by atoms with Gasteiger partial charge < -0.3 is 9.47 Å². The van der Waals surface area contributed by atoms with Gasteiger partial charge in [-0.3, -0.25) is 0 Å². The van der Waals surface area contributed by atoms with E-state index in [0.29, 0.717) is 6.10 Å². The van der Waals surface area contributed by atoms with E-state index < -0.39 is 0 Å². The standard InChI is InChI=1S/C16H21ClO2/c17-16(7-6-15-3-1-2-8-19-15)12-4-5-13-10-18-11-14(13)9-12/h4-5,9,15-16H,1-3,6-8,10-11H2. The molecule has 1 saturated heterocycles. The highest BCUT2D eigenvalue weighted by molar-refractivity contribution is 6.20. The Morgan fingerprint density at radius 2 is 2.11 bits per heavy atom. The summed E-state index contributed by atoms with van der Waals surface area (Å²) in [6.45, 7) is 2.41. The average Bonchev–Trinajstić information content (AvgIpc) is 2.93. The third-order valence-electron chi connectivity index (χ3n) is 4.12. The van der Waals surface area contributed by atoms with E-state index in [9.17, 15) is 0 Å². The molecule has 1 aromatic rings. The zero-order chi connectivity index (χ0) is 13.1. The van der Waals surface area contributed by atoms with Crippen molar-refractivity contribution in [2.75, 3.05) is 6.61 Å². The molecule has 2 atom stereocenters. The number of fused-ring (bicyclic) bond motifs is 1. The molecule has 19 heavy (non-hydrogen) atoms. The second kappa shape index (κ2) is 6.25. The fourth-order valence-electron chi connectivity index (χ4n) is 2.92. The Labute approximate surface area is 120 Å². The predicted octanol–water partition coefficient (Wildman–Crippen LogP) is 4.35. The first kappa shape index (κ1) is 13.4. The monoisotopic (exact) mass is 280 g/mol. The van der Waals surface area contributed by atoms with E-state index >= 15 is 0 Å². The number of hydrogen-bond acceptors (Lipinski definition) is 2. The quantitative estimate of drug-likeness (QED) is 0.764. The Hall–Kier alpha value is -0.570. The first-order valence-corrected chi connectivity index (χ1v) is 7.71. The Bertz CT molecular complexity index is 427. The van der Waals surface area contributed by atoms with Gasteiger partial charge in [-0.25, -0.2) is 0 Å². The van der Waals surface area contributed by atoms with Crippen molar-refractivity contribution in [3.63, 3.8) is 0 Å². The molecule has 104 valence electrons. The van der Waals surface area contributed by atoms with Crippen LogP contribution in [-0.2, 0) is 22.7 Å². The molecule has 0 radical (unpaired) electrons. The summed E-state index contributed by atoms with van der Waals surface area (Å²) in [6.07, 6.45) is 6.20. The SMILES string of the molecule is ClC(CCC1CCCCO1)c1ccc2c(c1)COC2. The van der Waals surface area contributed by atoms with Crippen LogP contribution in [0.4, 0.5) is 0 Å². The minimum Gasteiger partial charge on any atom is -0.378 e. The van der Waals surface area contributed by atoms with Gasteiger partial charge in [-0.2, -0.15) is 0 Å². The third-order valence-corrected chi connectivity index (χ3v) is 4.59. The predicted molar refractivity (Wildman–Crippen MR) is 76.4 cm³/mol. The first-order valence-electron chi connectivity index (χ1n) is 7.28. The lowest BCUT2D eigenvalue weighted by molar-refractivity contribution is 0.0100. The molecule has 0 aromatic heterocycles. The van der Waals surface area contributed by atoms with Crippen molar-refractivity contribution >= 4 is 11.6 Å². The van der Waals surface area contributed by atoms with Gasteiger partial charge in [0.05, 0.1) is 24.7 Å². The largest absolute Gasteiger partial charge is 0.378 e. The van der Waals surface area contributed by atoms with Gasteiger partial charge in [0.15, 0.2) is 0 Å². The van der Waals surface area contributed by atoms with Crippen molar-refractivity contribution in [3.8, 4) is 0 Å². The molecule has 3 heteroatoms.